The van der Waals surface area contributed by atoms with Gasteiger partial charge in [0, 0.05) is 5.92 Å². The molecule has 1 aliphatic heterocycles. The molecular weight excluding hydrogens is 276 g/mol. The van der Waals surface area contributed by atoms with Crippen LogP contribution in [0.25, 0.3) is 0 Å². The molecule has 2 N–H and O–H groups in total. The van der Waals surface area contributed by atoms with E-state index in [1.165, 1.54) is 0 Å². The van der Waals surface area contributed by atoms with E-state index in [0.29, 0.717) is 11.5 Å². The van der Waals surface area contributed by atoms with E-state index in [9.17, 15) is 19.2 Å². The first-order valence-corrected chi connectivity index (χ1v) is 6.68. The molecule has 0 spiro atoms. The van der Waals surface area contributed by atoms with E-state index in [1.54, 1.807) is 6.92 Å². The molecule has 8 nitrogen and oxygen atoms in total. The topological polar surface area (TPSA) is 112 Å². The van der Waals surface area contributed by atoms with Gasteiger partial charge in [-0.15, -0.1) is 0 Å². The summed E-state index contributed by atoms with van der Waals surface area (Å²) in [5.41, 5.74) is -0.307. The fraction of sp³-hybridized carbons (Fsp3) is 0.462. The Labute approximate surface area is 119 Å². The molecule has 2 aliphatic rings. The molecule has 0 radical (unpaired) electrons. The second-order valence-corrected chi connectivity index (χ2v) is 5.32. The Kier molecular flexibility index (Phi) is 3.08. The number of piperazine rings is 1. The summed E-state index contributed by atoms with van der Waals surface area (Å²) in [5.74, 6) is -0.899. The average molecular weight is 290 g/mol. The lowest BCUT2D eigenvalue weighted by Crippen LogP contribution is -2.54. The van der Waals surface area contributed by atoms with Crippen LogP contribution in [0.1, 0.15) is 40.6 Å². The summed E-state index contributed by atoms with van der Waals surface area (Å²) in [6.45, 7) is 1.10. The SMILES string of the molecule is Cc1nc(C2CC2)[nH]c(=O)c1C(=O)N1CC(=O)NC(=O)C1. The average Bonchev–Trinajstić information content (AvgIpc) is 3.20. The number of H-pyrrole nitrogens is 1. The fourth-order valence-corrected chi connectivity index (χ4v) is 2.35. The lowest BCUT2D eigenvalue weighted by Gasteiger charge is -2.25. The quantitative estimate of drug-likeness (QED) is 0.682. The number of aryl methyl sites for hydroxylation is 1. The minimum Gasteiger partial charge on any atom is -0.320 e. The number of hydrogen-bond donors (Lipinski definition) is 2. The third-order valence-electron chi connectivity index (χ3n) is 3.53. The second kappa shape index (κ2) is 4.80. The van der Waals surface area contributed by atoms with Crippen LogP contribution in [-0.4, -0.2) is 45.7 Å². The zero-order chi connectivity index (χ0) is 15.1. The molecule has 1 aliphatic carbocycles. The molecule has 1 aromatic heterocycles. The van der Waals surface area contributed by atoms with Crippen molar-refractivity contribution in [2.45, 2.75) is 25.7 Å². The second-order valence-electron chi connectivity index (χ2n) is 5.32. The molecular formula is C13H14N4O4. The standard InChI is InChI=1S/C13H14N4O4/c1-6-10(12(20)16-11(14-6)7-2-3-7)13(21)17-4-8(18)15-9(19)5-17/h7H,2-5H2,1H3,(H,14,16,20)(H,15,18,19). The van der Waals surface area contributed by atoms with E-state index < -0.39 is 23.3 Å². The Morgan fingerprint density at radius 1 is 1.19 bits per heavy atom. The number of rotatable bonds is 2. The van der Waals surface area contributed by atoms with Crippen molar-refractivity contribution in [2.24, 2.45) is 0 Å². The van der Waals surface area contributed by atoms with Crippen LogP contribution in [-0.2, 0) is 9.59 Å². The Morgan fingerprint density at radius 2 is 1.81 bits per heavy atom. The molecule has 21 heavy (non-hydrogen) atoms. The van der Waals surface area contributed by atoms with Gasteiger partial charge in [0.2, 0.25) is 11.8 Å². The lowest BCUT2D eigenvalue weighted by atomic mass is 10.2. The Morgan fingerprint density at radius 3 is 2.33 bits per heavy atom. The van der Waals surface area contributed by atoms with Gasteiger partial charge in [-0.25, -0.2) is 4.98 Å². The van der Waals surface area contributed by atoms with Crippen LogP contribution in [0.3, 0.4) is 0 Å². The number of imide groups is 1. The predicted molar refractivity (Wildman–Crippen MR) is 70.6 cm³/mol. The smallest absolute Gasteiger partial charge is 0.264 e. The molecule has 0 unspecified atom stereocenters. The number of nitrogens with zero attached hydrogens (tertiary/aromatic N) is 2. The molecule has 2 fully saturated rings. The molecule has 0 bridgehead atoms. The van der Waals surface area contributed by atoms with Crippen LogP contribution >= 0.6 is 0 Å². The summed E-state index contributed by atoms with van der Waals surface area (Å²) in [5, 5.41) is 2.10. The van der Waals surface area contributed by atoms with Gasteiger partial charge in [-0.1, -0.05) is 0 Å². The van der Waals surface area contributed by atoms with Crippen molar-refractivity contribution in [3.8, 4) is 0 Å². The van der Waals surface area contributed by atoms with Crippen molar-refractivity contribution in [3.05, 3.63) is 27.4 Å². The Balaban J connectivity index is 1.92. The molecule has 2 heterocycles. The molecule has 1 aromatic rings. The summed E-state index contributed by atoms with van der Waals surface area (Å²) in [6.07, 6.45) is 1.97. The van der Waals surface area contributed by atoms with Crippen molar-refractivity contribution in [3.63, 3.8) is 0 Å². The van der Waals surface area contributed by atoms with E-state index in [4.69, 9.17) is 0 Å². The molecule has 3 rings (SSSR count). The zero-order valence-corrected chi connectivity index (χ0v) is 11.4. The minimum absolute atomic E-state index is 0.109. The van der Waals surface area contributed by atoms with Gasteiger partial charge in [0.1, 0.15) is 24.5 Å². The van der Waals surface area contributed by atoms with Crippen molar-refractivity contribution in [1.29, 1.82) is 0 Å². The van der Waals surface area contributed by atoms with E-state index in [1.807, 2.05) is 0 Å². The Bertz CT molecular complexity index is 689. The van der Waals surface area contributed by atoms with Crippen LogP contribution < -0.4 is 10.9 Å². The maximum atomic E-state index is 12.4. The predicted octanol–water partition coefficient (Wildman–Crippen LogP) is -0.946. The molecule has 110 valence electrons. The number of carbonyl (C=O) groups excluding carboxylic acids is 3. The van der Waals surface area contributed by atoms with E-state index in [-0.39, 0.29) is 24.6 Å². The molecule has 0 aromatic carbocycles. The largest absolute Gasteiger partial charge is 0.320 e. The highest BCUT2D eigenvalue weighted by atomic mass is 16.2. The van der Waals surface area contributed by atoms with Crippen LogP contribution in [0.15, 0.2) is 4.79 Å². The highest BCUT2D eigenvalue weighted by molar-refractivity contribution is 6.05. The van der Waals surface area contributed by atoms with E-state index in [2.05, 4.69) is 15.3 Å². The summed E-state index contributed by atoms with van der Waals surface area (Å²) in [4.78, 5) is 55.0. The molecule has 1 saturated carbocycles. The van der Waals surface area contributed by atoms with E-state index >= 15 is 0 Å². The first-order valence-electron chi connectivity index (χ1n) is 6.68. The highest BCUT2D eigenvalue weighted by Gasteiger charge is 2.32. The zero-order valence-electron chi connectivity index (χ0n) is 11.4. The Hall–Kier alpha value is -2.51. The first-order chi connectivity index (χ1) is 9.95. The number of aromatic amines is 1. The summed E-state index contributed by atoms with van der Waals surface area (Å²) >= 11 is 0. The van der Waals surface area contributed by atoms with Gasteiger partial charge < -0.3 is 9.88 Å². The van der Waals surface area contributed by atoms with Crippen LogP contribution in [0.5, 0.6) is 0 Å². The fourth-order valence-electron chi connectivity index (χ4n) is 2.35. The van der Waals surface area contributed by atoms with Gasteiger partial charge in [-0.05, 0) is 19.8 Å². The molecule has 0 atom stereocenters. The lowest BCUT2D eigenvalue weighted by molar-refractivity contribution is -0.135. The van der Waals surface area contributed by atoms with E-state index in [0.717, 1.165) is 17.7 Å². The van der Waals surface area contributed by atoms with Crippen molar-refractivity contribution < 1.29 is 14.4 Å². The molecule has 3 amide bonds. The van der Waals surface area contributed by atoms with Crippen molar-refractivity contribution in [1.82, 2.24) is 20.2 Å². The van der Waals surface area contributed by atoms with Gasteiger partial charge in [0.15, 0.2) is 0 Å². The molecule has 1 saturated heterocycles. The number of hydrogen-bond acceptors (Lipinski definition) is 5. The third-order valence-corrected chi connectivity index (χ3v) is 3.53. The minimum atomic E-state index is -0.646. The van der Waals surface area contributed by atoms with Gasteiger partial charge in [0.05, 0.1) is 5.69 Å². The number of aromatic nitrogens is 2. The highest BCUT2D eigenvalue weighted by Crippen LogP contribution is 2.37. The van der Waals surface area contributed by atoms with Gasteiger partial charge in [0.25, 0.3) is 11.5 Å². The van der Waals surface area contributed by atoms with Crippen LogP contribution in [0.2, 0.25) is 0 Å². The number of carbonyl (C=O) groups is 3. The monoisotopic (exact) mass is 290 g/mol. The van der Waals surface area contributed by atoms with Crippen molar-refractivity contribution in [2.75, 3.05) is 13.1 Å². The normalized spacial score (nSPS) is 18.6. The number of nitrogens with one attached hydrogen (secondary N) is 2. The first kappa shape index (κ1) is 13.5. The summed E-state index contributed by atoms with van der Waals surface area (Å²) < 4.78 is 0. The maximum absolute atomic E-state index is 12.4. The molecule has 8 heteroatoms. The van der Waals surface area contributed by atoms with Gasteiger partial charge in [-0.2, -0.15) is 0 Å². The van der Waals surface area contributed by atoms with Gasteiger partial charge >= 0.3 is 0 Å². The van der Waals surface area contributed by atoms with Crippen LogP contribution in [0, 0.1) is 6.92 Å². The maximum Gasteiger partial charge on any atom is 0.264 e. The van der Waals surface area contributed by atoms with Gasteiger partial charge in [-0.3, -0.25) is 24.5 Å². The van der Waals surface area contributed by atoms with Crippen LogP contribution in [0.4, 0.5) is 0 Å². The summed E-state index contributed by atoms with van der Waals surface area (Å²) in [6, 6.07) is 0. The summed E-state index contributed by atoms with van der Waals surface area (Å²) in [7, 11) is 0. The number of amides is 3. The third kappa shape index (κ3) is 2.56. The van der Waals surface area contributed by atoms with Crippen molar-refractivity contribution >= 4 is 17.7 Å².